The summed E-state index contributed by atoms with van der Waals surface area (Å²) in [6, 6.07) is 9.10. The molecule has 3 aromatic rings. The molecule has 25 heavy (non-hydrogen) atoms. The number of nitrogens with one attached hydrogen (secondary N) is 2. The van der Waals surface area contributed by atoms with E-state index in [1.54, 1.807) is 23.5 Å². The van der Waals surface area contributed by atoms with E-state index >= 15 is 0 Å². The zero-order chi connectivity index (χ0) is 17.5. The Hall–Kier alpha value is -2.80. The number of fused-ring (bicyclic) bond motifs is 1. The molecule has 0 aliphatic carbocycles. The van der Waals surface area contributed by atoms with E-state index in [2.05, 4.69) is 31.6 Å². The van der Waals surface area contributed by atoms with E-state index in [0.29, 0.717) is 5.92 Å². The minimum absolute atomic E-state index is 0.354. The van der Waals surface area contributed by atoms with E-state index in [1.807, 2.05) is 37.7 Å². The molecule has 1 atom stereocenters. The van der Waals surface area contributed by atoms with Gasteiger partial charge in [-0.3, -0.25) is 14.9 Å². The second kappa shape index (κ2) is 8.34. The first-order valence-corrected chi connectivity index (χ1v) is 8.84. The van der Waals surface area contributed by atoms with E-state index in [-0.39, 0.29) is 0 Å². The van der Waals surface area contributed by atoms with Gasteiger partial charge in [-0.25, -0.2) is 0 Å². The molecule has 0 spiro atoms. The van der Waals surface area contributed by atoms with Crippen molar-refractivity contribution in [2.75, 3.05) is 12.4 Å². The number of rotatable bonds is 3. The number of anilines is 1. The van der Waals surface area contributed by atoms with Crippen LogP contribution in [0.5, 0.6) is 0 Å². The zero-order valence-corrected chi connectivity index (χ0v) is 14.7. The smallest absolute Gasteiger partial charge is 0.194 e. The second-order valence-electron chi connectivity index (χ2n) is 5.44. The molecule has 1 aromatic carbocycles. The minimum Gasteiger partial charge on any atom is -0.365 e. The Labute approximate surface area is 149 Å². The SMILES string of the molecule is CNc1nc2n[nH]c(C3C=CN=CCC3)c2s1.O=Cc1ccccc1. The highest BCUT2D eigenvalue weighted by Gasteiger charge is 2.18. The van der Waals surface area contributed by atoms with Gasteiger partial charge in [-0.15, -0.1) is 0 Å². The van der Waals surface area contributed by atoms with Gasteiger partial charge in [0, 0.05) is 30.9 Å². The zero-order valence-electron chi connectivity index (χ0n) is 13.8. The first-order valence-electron chi connectivity index (χ1n) is 8.03. The Bertz CT molecular complexity index is 881. The Morgan fingerprint density at radius 2 is 2.16 bits per heavy atom. The van der Waals surface area contributed by atoms with Crippen molar-refractivity contribution in [3.8, 4) is 0 Å². The van der Waals surface area contributed by atoms with Crippen LogP contribution in [0.3, 0.4) is 0 Å². The van der Waals surface area contributed by atoms with Gasteiger partial charge >= 0.3 is 0 Å². The fourth-order valence-electron chi connectivity index (χ4n) is 2.50. The van der Waals surface area contributed by atoms with Crippen molar-refractivity contribution in [1.29, 1.82) is 0 Å². The number of hydrogen-bond acceptors (Lipinski definition) is 6. The van der Waals surface area contributed by atoms with E-state index in [0.717, 1.165) is 45.9 Å². The van der Waals surface area contributed by atoms with Gasteiger partial charge in [-0.1, -0.05) is 47.7 Å². The lowest BCUT2D eigenvalue weighted by Gasteiger charge is -2.06. The largest absolute Gasteiger partial charge is 0.365 e. The van der Waals surface area contributed by atoms with Gasteiger partial charge in [-0.05, 0) is 12.8 Å². The maximum absolute atomic E-state index is 10.0. The summed E-state index contributed by atoms with van der Waals surface area (Å²) in [7, 11) is 1.88. The Balaban J connectivity index is 0.000000192. The lowest BCUT2D eigenvalue weighted by atomic mass is 10.0. The third-order valence-corrected chi connectivity index (χ3v) is 4.87. The van der Waals surface area contributed by atoms with Crippen LogP contribution in [0.2, 0.25) is 0 Å². The predicted octanol–water partition coefficient (Wildman–Crippen LogP) is 4.02. The lowest BCUT2D eigenvalue weighted by molar-refractivity contribution is 0.112. The summed E-state index contributed by atoms with van der Waals surface area (Å²) in [5.74, 6) is 0.354. The number of H-pyrrole nitrogens is 1. The normalized spacial score (nSPS) is 16.1. The number of aldehydes is 1. The maximum Gasteiger partial charge on any atom is 0.194 e. The molecule has 128 valence electrons. The van der Waals surface area contributed by atoms with Gasteiger partial charge in [0.15, 0.2) is 10.8 Å². The molecule has 1 aliphatic rings. The van der Waals surface area contributed by atoms with Crippen LogP contribution in [-0.4, -0.2) is 34.7 Å². The molecule has 0 amide bonds. The molecule has 2 N–H and O–H groups in total. The van der Waals surface area contributed by atoms with Crippen molar-refractivity contribution in [2.45, 2.75) is 18.8 Å². The molecule has 0 saturated carbocycles. The molecule has 4 rings (SSSR count). The molecule has 1 unspecified atom stereocenters. The molecule has 0 fully saturated rings. The molecule has 7 heteroatoms. The molecule has 2 aromatic heterocycles. The summed E-state index contributed by atoms with van der Waals surface area (Å²) in [5.41, 5.74) is 2.68. The number of nitrogens with zero attached hydrogens (tertiary/aromatic N) is 3. The van der Waals surface area contributed by atoms with Crippen LogP contribution in [0.1, 0.15) is 34.8 Å². The van der Waals surface area contributed by atoms with Crippen molar-refractivity contribution < 1.29 is 4.79 Å². The summed E-state index contributed by atoms with van der Waals surface area (Å²) in [6.45, 7) is 0. The van der Waals surface area contributed by atoms with Crippen molar-refractivity contribution in [1.82, 2.24) is 15.2 Å². The van der Waals surface area contributed by atoms with Crippen LogP contribution in [0.4, 0.5) is 5.13 Å². The Morgan fingerprint density at radius 3 is 2.88 bits per heavy atom. The maximum atomic E-state index is 10.0. The molecule has 0 radical (unpaired) electrons. The highest BCUT2D eigenvalue weighted by atomic mass is 32.1. The van der Waals surface area contributed by atoms with E-state index in [9.17, 15) is 4.79 Å². The van der Waals surface area contributed by atoms with E-state index in [4.69, 9.17) is 0 Å². The molecular weight excluding hydrogens is 334 g/mol. The van der Waals surface area contributed by atoms with Gasteiger partial charge in [0.1, 0.15) is 6.29 Å². The molecule has 0 saturated heterocycles. The van der Waals surface area contributed by atoms with E-state index in [1.165, 1.54) is 0 Å². The molecule has 0 bridgehead atoms. The monoisotopic (exact) mass is 353 g/mol. The van der Waals surface area contributed by atoms with Crippen molar-refractivity contribution >= 4 is 39.3 Å². The average molecular weight is 353 g/mol. The number of allylic oxidation sites excluding steroid dienone is 1. The number of carbonyl (C=O) groups excluding carboxylic acids is 1. The number of aromatic nitrogens is 3. The first kappa shape index (κ1) is 17.0. The summed E-state index contributed by atoms with van der Waals surface area (Å²) >= 11 is 1.64. The van der Waals surface area contributed by atoms with Crippen molar-refractivity contribution in [2.24, 2.45) is 4.99 Å². The molecular formula is C18H19N5OS. The first-order chi connectivity index (χ1) is 12.3. The van der Waals surface area contributed by atoms with Gasteiger partial charge in [0.2, 0.25) is 0 Å². The quantitative estimate of drug-likeness (QED) is 0.697. The van der Waals surface area contributed by atoms with Crippen LogP contribution >= 0.6 is 11.3 Å². The second-order valence-corrected chi connectivity index (χ2v) is 6.44. The van der Waals surface area contributed by atoms with Crippen LogP contribution < -0.4 is 5.32 Å². The number of aliphatic imine (C=N–C) groups is 1. The molecule has 3 heterocycles. The van der Waals surface area contributed by atoms with Crippen molar-refractivity contribution in [3.05, 3.63) is 53.9 Å². The summed E-state index contributed by atoms with van der Waals surface area (Å²) in [5, 5.41) is 11.3. The van der Waals surface area contributed by atoms with Gasteiger partial charge in [0.25, 0.3) is 0 Å². The number of aromatic amines is 1. The lowest BCUT2D eigenvalue weighted by Crippen LogP contribution is -1.95. The number of carbonyl (C=O) groups is 1. The van der Waals surface area contributed by atoms with Crippen molar-refractivity contribution in [3.63, 3.8) is 0 Å². The molecule has 6 nitrogen and oxygen atoms in total. The third kappa shape index (κ3) is 4.19. The molecule has 1 aliphatic heterocycles. The standard InChI is InChI=1S/C11H13N5S.C7H6O/c1-12-11-14-10-9(17-11)8(15-16-10)7-3-2-5-13-6-4-7;8-6-7-4-2-1-3-5-7/h4-7H,2-3H2,1H3,(H2,12,14,15,16);1-6H. The average Bonchev–Trinajstić information content (AvgIpc) is 3.13. The number of benzene rings is 1. The van der Waals surface area contributed by atoms with Crippen LogP contribution in [0.25, 0.3) is 10.3 Å². The Kier molecular flexibility index (Phi) is 5.69. The highest BCUT2D eigenvalue weighted by Crippen LogP contribution is 2.33. The summed E-state index contributed by atoms with van der Waals surface area (Å²) in [6.07, 6.45) is 8.83. The van der Waals surface area contributed by atoms with Crippen LogP contribution in [-0.2, 0) is 0 Å². The number of thiazole rings is 1. The topological polar surface area (TPSA) is 83.0 Å². The van der Waals surface area contributed by atoms with Gasteiger partial charge in [-0.2, -0.15) is 10.1 Å². The summed E-state index contributed by atoms with van der Waals surface area (Å²) < 4.78 is 1.14. The summed E-state index contributed by atoms with van der Waals surface area (Å²) in [4.78, 5) is 18.6. The Morgan fingerprint density at radius 1 is 1.32 bits per heavy atom. The highest BCUT2D eigenvalue weighted by molar-refractivity contribution is 7.22. The van der Waals surface area contributed by atoms with Gasteiger partial charge in [0.05, 0.1) is 10.4 Å². The fraction of sp³-hybridized carbons (Fsp3) is 0.222. The fourth-order valence-corrected chi connectivity index (χ4v) is 3.41. The number of hydrogen-bond donors (Lipinski definition) is 2. The predicted molar refractivity (Wildman–Crippen MR) is 103 cm³/mol. The van der Waals surface area contributed by atoms with E-state index < -0.39 is 0 Å². The van der Waals surface area contributed by atoms with Crippen LogP contribution in [0.15, 0.2) is 47.6 Å². The third-order valence-electron chi connectivity index (χ3n) is 3.77. The van der Waals surface area contributed by atoms with Crippen LogP contribution in [0, 0.1) is 0 Å². The van der Waals surface area contributed by atoms with Gasteiger partial charge < -0.3 is 5.32 Å². The minimum atomic E-state index is 0.354.